The van der Waals surface area contributed by atoms with Gasteiger partial charge in [0.05, 0.1) is 12.0 Å². The Hall–Kier alpha value is -2.08. The van der Waals surface area contributed by atoms with Crippen LogP contribution in [0.2, 0.25) is 0 Å². The Morgan fingerprint density at radius 3 is 2.76 bits per heavy atom. The molecule has 136 valence electrons. The van der Waals surface area contributed by atoms with E-state index in [9.17, 15) is 14.7 Å². The van der Waals surface area contributed by atoms with Gasteiger partial charge in [0.25, 0.3) is 0 Å². The maximum Gasteiger partial charge on any atom is 0.321 e. The van der Waals surface area contributed by atoms with Gasteiger partial charge in [-0.05, 0) is 37.0 Å². The molecular formula is C19H26N2O4. The van der Waals surface area contributed by atoms with E-state index in [-0.39, 0.29) is 18.5 Å². The van der Waals surface area contributed by atoms with Gasteiger partial charge in [0, 0.05) is 31.3 Å². The predicted octanol–water partition coefficient (Wildman–Crippen LogP) is 2.98. The van der Waals surface area contributed by atoms with Crippen LogP contribution in [0.5, 0.6) is 0 Å². The van der Waals surface area contributed by atoms with Crippen LogP contribution in [0.15, 0.2) is 24.3 Å². The summed E-state index contributed by atoms with van der Waals surface area (Å²) in [6.07, 6.45) is 3.81. The number of carboxylic acids is 1. The number of nitrogens with one attached hydrogen (secondary N) is 1. The van der Waals surface area contributed by atoms with Gasteiger partial charge >= 0.3 is 12.0 Å². The van der Waals surface area contributed by atoms with Gasteiger partial charge in [0.2, 0.25) is 0 Å². The van der Waals surface area contributed by atoms with Crippen molar-refractivity contribution in [3.63, 3.8) is 0 Å². The number of nitrogens with zero attached hydrogens (tertiary/aromatic N) is 1. The minimum Gasteiger partial charge on any atom is -0.481 e. The summed E-state index contributed by atoms with van der Waals surface area (Å²) in [6, 6.07) is 7.63. The molecule has 2 fully saturated rings. The van der Waals surface area contributed by atoms with Crippen molar-refractivity contribution in [3.8, 4) is 0 Å². The Bertz CT molecular complexity index is 631. The van der Waals surface area contributed by atoms with Gasteiger partial charge in [-0.1, -0.05) is 25.5 Å². The van der Waals surface area contributed by atoms with Gasteiger partial charge in [-0.25, -0.2) is 4.79 Å². The number of benzene rings is 1. The van der Waals surface area contributed by atoms with Gasteiger partial charge in [0.15, 0.2) is 0 Å². The molecule has 0 aromatic heterocycles. The number of rotatable bonds is 5. The van der Waals surface area contributed by atoms with Crippen molar-refractivity contribution in [2.75, 3.05) is 31.6 Å². The fourth-order valence-corrected chi connectivity index (χ4v) is 3.79. The Balaban J connectivity index is 1.63. The van der Waals surface area contributed by atoms with Gasteiger partial charge in [-0.3, -0.25) is 4.79 Å². The van der Waals surface area contributed by atoms with Crippen molar-refractivity contribution < 1.29 is 19.4 Å². The van der Waals surface area contributed by atoms with E-state index >= 15 is 0 Å². The lowest BCUT2D eigenvalue weighted by Gasteiger charge is -2.33. The van der Waals surface area contributed by atoms with Crippen molar-refractivity contribution in [2.45, 2.75) is 32.6 Å². The van der Waals surface area contributed by atoms with E-state index in [1.165, 1.54) is 5.56 Å². The number of aryl methyl sites for hydroxylation is 1. The Morgan fingerprint density at radius 1 is 1.36 bits per heavy atom. The normalized spacial score (nSPS) is 25.5. The lowest BCUT2D eigenvalue weighted by molar-refractivity contribution is -0.157. The molecule has 1 aromatic carbocycles. The van der Waals surface area contributed by atoms with Crippen molar-refractivity contribution >= 4 is 17.7 Å². The highest BCUT2D eigenvalue weighted by Gasteiger charge is 2.54. The number of carboxylic acid groups (broad SMARTS) is 1. The fourth-order valence-electron chi connectivity index (χ4n) is 3.79. The Kier molecular flexibility index (Phi) is 5.27. The first kappa shape index (κ1) is 17.7. The summed E-state index contributed by atoms with van der Waals surface area (Å²) in [4.78, 5) is 26.0. The average molecular weight is 346 g/mol. The molecule has 0 bridgehead atoms. The zero-order valence-corrected chi connectivity index (χ0v) is 14.7. The molecule has 6 nitrogen and oxygen atoms in total. The molecule has 1 aromatic rings. The molecule has 0 aliphatic carbocycles. The number of carbonyl (C=O) groups excluding carboxylic acids is 1. The molecular weight excluding hydrogens is 320 g/mol. The number of hydrogen-bond acceptors (Lipinski definition) is 3. The van der Waals surface area contributed by atoms with E-state index in [2.05, 4.69) is 12.2 Å². The number of aliphatic carboxylic acids is 1. The quantitative estimate of drug-likeness (QED) is 0.859. The second-order valence-electron chi connectivity index (χ2n) is 7.09. The molecule has 2 aliphatic rings. The molecule has 2 heterocycles. The van der Waals surface area contributed by atoms with E-state index in [4.69, 9.17) is 4.74 Å². The maximum atomic E-state index is 12.6. The topological polar surface area (TPSA) is 78.9 Å². The molecule has 2 amide bonds. The van der Waals surface area contributed by atoms with Crippen LogP contribution in [-0.4, -0.2) is 48.3 Å². The minimum absolute atomic E-state index is 0.138. The molecule has 0 radical (unpaired) electrons. The van der Waals surface area contributed by atoms with Crippen molar-refractivity contribution in [1.29, 1.82) is 0 Å². The smallest absolute Gasteiger partial charge is 0.321 e. The van der Waals surface area contributed by atoms with Crippen LogP contribution >= 0.6 is 0 Å². The zero-order valence-electron chi connectivity index (χ0n) is 14.7. The molecule has 0 saturated carbocycles. The van der Waals surface area contributed by atoms with Crippen molar-refractivity contribution in [1.82, 2.24) is 4.90 Å². The van der Waals surface area contributed by atoms with Gasteiger partial charge in [-0.15, -0.1) is 0 Å². The zero-order chi connectivity index (χ0) is 17.9. The predicted molar refractivity (Wildman–Crippen MR) is 94.6 cm³/mol. The lowest BCUT2D eigenvalue weighted by Crippen LogP contribution is -2.45. The van der Waals surface area contributed by atoms with E-state index in [0.717, 1.165) is 24.9 Å². The summed E-state index contributed by atoms with van der Waals surface area (Å²) in [5, 5.41) is 12.6. The summed E-state index contributed by atoms with van der Waals surface area (Å²) in [7, 11) is 0. The Morgan fingerprint density at radius 2 is 2.12 bits per heavy atom. The number of anilines is 1. The van der Waals surface area contributed by atoms with E-state index in [0.29, 0.717) is 26.2 Å². The molecule has 0 unspecified atom stereocenters. The molecule has 25 heavy (non-hydrogen) atoms. The highest BCUT2D eigenvalue weighted by atomic mass is 16.5. The van der Waals surface area contributed by atoms with Crippen LogP contribution in [0.25, 0.3) is 0 Å². The summed E-state index contributed by atoms with van der Waals surface area (Å²) < 4.78 is 5.43. The number of fused-ring (bicyclic) bond motifs is 1. The number of ether oxygens (including phenoxy) is 1. The molecule has 2 saturated heterocycles. The van der Waals surface area contributed by atoms with Crippen LogP contribution in [0.1, 0.15) is 31.7 Å². The Labute approximate surface area is 148 Å². The number of amides is 2. The molecule has 2 atom stereocenters. The second-order valence-corrected chi connectivity index (χ2v) is 7.09. The molecule has 2 N–H and O–H groups in total. The maximum absolute atomic E-state index is 12.6. The summed E-state index contributed by atoms with van der Waals surface area (Å²) >= 11 is 0. The van der Waals surface area contributed by atoms with Gasteiger partial charge in [0.1, 0.15) is 0 Å². The third-order valence-electron chi connectivity index (χ3n) is 5.44. The standard InChI is InChI=1S/C19H26N2O4/c1-2-3-4-14-5-7-16(8-6-14)20-18(24)21-11-15-12-25-10-9-19(15,13-21)17(22)23/h5-8,15H,2-4,9-13H2,1H3,(H,20,24)(H,22,23)/t15-,19+/m1/s1. The summed E-state index contributed by atoms with van der Waals surface area (Å²) in [5.74, 6) is -0.961. The third-order valence-corrected chi connectivity index (χ3v) is 5.44. The highest BCUT2D eigenvalue weighted by Crippen LogP contribution is 2.42. The van der Waals surface area contributed by atoms with Crippen LogP contribution in [0.3, 0.4) is 0 Å². The van der Waals surface area contributed by atoms with Crippen LogP contribution in [-0.2, 0) is 16.0 Å². The minimum atomic E-state index is -0.862. The van der Waals surface area contributed by atoms with Crippen molar-refractivity contribution in [2.24, 2.45) is 11.3 Å². The first-order valence-corrected chi connectivity index (χ1v) is 9.01. The first-order chi connectivity index (χ1) is 12.0. The average Bonchev–Trinajstić information content (AvgIpc) is 3.02. The SMILES string of the molecule is CCCCc1ccc(NC(=O)N2C[C@@H]3COCC[C@]3(C(=O)O)C2)cc1. The highest BCUT2D eigenvalue weighted by molar-refractivity contribution is 5.90. The number of hydrogen-bond donors (Lipinski definition) is 2. The molecule has 6 heteroatoms. The first-order valence-electron chi connectivity index (χ1n) is 9.01. The molecule has 2 aliphatic heterocycles. The van der Waals surface area contributed by atoms with E-state index in [1.54, 1.807) is 4.90 Å². The summed E-state index contributed by atoms with van der Waals surface area (Å²) in [5.41, 5.74) is 1.13. The third kappa shape index (κ3) is 3.63. The van der Waals surface area contributed by atoms with Gasteiger partial charge in [-0.2, -0.15) is 0 Å². The molecule has 3 rings (SSSR count). The number of urea groups is 1. The number of unbranched alkanes of at least 4 members (excludes halogenated alkanes) is 1. The van der Waals surface area contributed by atoms with E-state index < -0.39 is 11.4 Å². The monoisotopic (exact) mass is 346 g/mol. The van der Waals surface area contributed by atoms with Crippen LogP contribution < -0.4 is 5.32 Å². The largest absolute Gasteiger partial charge is 0.481 e. The summed E-state index contributed by atoms with van der Waals surface area (Å²) in [6.45, 7) is 3.68. The van der Waals surface area contributed by atoms with Crippen molar-refractivity contribution in [3.05, 3.63) is 29.8 Å². The number of carbonyl (C=O) groups is 2. The second kappa shape index (κ2) is 7.44. The fraction of sp³-hybridized carbons (Fsp3) is 0.579. The number of likely N-dealkylation sites (tertiary alicyclic amines) is 1. The van der Waals surface area contributed by atoms with Crippen LogP contribution in [0.4, 0.5) is 10.5 Å². The molecule has 0 spiro atoms. The van der Waals surface area contributed by atoms with Crippen LogP contribution in [0, 0.1) is 11.3 Å². The lowest BCUT2D eigenvalue weighted by atomic mass is 9.74. The van der Waals surface area contributed by atoms with Gasteiger partial charge < -0.3 is 20.1 Å². The van der Waals surface area contributed by atoms with E-state index in [1.807, 2.05) is 24.3 Å².